The Kier molecular flexibility index (Phi) is 6.87. The molecule has 0 radical (unpaired) electrons. The summed E-state index contributed by atoms with van der Waals surface area (Å²) in [4.78, 5) is 18.6. The number of ether oxygens (including phenoxy) is 3. The Balaban J connectivity index is 1.41. The summed E-state index contributed by atoms with van der Waals surface area (Å²) in [5.41, 5.74) is 0.679. The third kappa shape index (κ3) is 5.86. The van der Waals surface area contributed by atoms with Crippen LogP contribution in [0.15, 0.2) is 42.6 Å². The Labute approximate surface area is 159 Å². The molecule has 1 fully saturated rings. The van der Waals surface area contributed by atoms with Crippen molar-refractivity contribution in [3.8, 4) is 11.5 Å². The van der Waals surface area contributed by atoms with Gasteiger partial charge in [0.25, 0.3) is 0 Å². The molecule has 0 bridgehead atoms. The average Bonchev–Trinajstić information content (AvgIpc) is 2.71. The molecule has 0 unspecified atom stereocenters. The lowest BCUT2D eigenvalue weighted by Crippen LogP contribution is -2.36. The van der Waals surface area contributed by atoms with Gasteiger partial charge in [0.2, 0.25) is 5.91 Å². The number of morpholine rings is 1. The first-order valence-corrected chi connectivity index (χ1v) is 9.19. The van der Waals surface area contributed by atoms with Crippen LogP contribution in [0.3, 0.4) is 0 Å². The predicted molar refractivity (Wildman–Crippen MR) is 104 cm³/mol. The molecule has 7 nitrogen and oxygen atoms in total. The Bertz CT molecular complexity index is 713. The summed E-state index contributed by atoms with van der Waals surface area (Å²) in [5, 5.41) is 2.84. The molecule has 2 heterocycles. The number of carbonyl (C=O) groups excluding carboxylic acids is 1. The Morgan fingerprint density at radius 2 is 1.81 bits per heavy atom. The standard InChI is InChI=1S/C20H25N3O4/c1-2-26-17-4-6-18(7-5-17)27-12-9-20(24)22-16-3-8-19(21-15-16)23-10-13-25-14-11-23/h3-8,15H,2,9-14H2,1H3,(H,22,24). The van der Waals surface area contributed by atoms with Gasteiger partial charge in [-0.05, 0) is 43.3 Å². The number of carbonyl (C=O) groups is 1. The minimum Gasteiger partial charge on any atom is -0.494 e. The molecule has 1 aromatic carbocycles. The molecular formula is C20H25N3O4. The van der Waals surface area contributed by atoms with E-state index in [1.165, 1.54) is 0 Å². The molecule has 1 saturated heterocycles. The van der Waals surface area contributed by atoms with Gasteiger partial charge in [0.1, 0.15) is 17.3 Å². The largest absolute Gasteiger partial charge is 0.494 e. The van der Waals surface area contributed by atoms with Crippen molar-refractivity contribution in [2.24, 2.45) is 0 Å². The first-order chi connectivity index (χ1) is 13.2. The van der Waals surface area contributed by atoms with E-state index in [2.05, 4.69) is 15.2 Å². The SMILES string of the molecule is CCOc1ccc(OCCC(=O)Nc2ccc(N3CCOCC3)nc2)cc1. The number of nitrogens with zero attached hydrogens (tertiary/aromatic N) is 2. The molecule has 0 saturated carbocycles. The van der Waals surface area contributed by atoms with Gasteiger partial charge in [-0.15, -0.1) is 0 Å². The van der Waals surface area contributed by atoms with Gasteiger partial charge in [-0.2, -0.15) is 0 Å². The van der Waals surface area contributed by atoms with Crippen molar-refractivity contribution in [2.75, 3.05) is 49.7 Å². The molecule has 3 rings (SSSR count). The third-order valence-electron chi connectivity index (χ3n) is 4.10. The van der Waals surface area contributed by atoms with Gasteiger partial charge in [0, 0.05) is 13.1 Å². The lowest BCUT2D eigenvalue weighted by Gasteiger charge is -2.27. The maximum absolute atomic E-state index is 12.1. The number of benzene rings is 1. The zero-order chi connectivity index (χ0) is 18.9. The summed E-state index contributed by atoms with van der Waals surface area (Å²) in [6, 6.07) is 11.1. The smallest absolute Gasteiger partial charge is 0.227 e. The molecule has 27 heavy (non-hydrogen) atoms. The van der Waals surface area contributed by atoms with E-state index in [4.69, 9.17) is 14.2 Å². The van der Waals surface area contributed by atoms with Crippen molar-refractivity contribution in [2.45, 2.75) is 13.3 Å². The highest BCUT2D eigenvalue weighted by Crippen LogP contribution is 2.18. The van der Waals surface area contributed by atoms with Gasteiger partial charge in [-0.25, -0.2) is 4.98 Å². The van der Waals surface area contributed by atoms with E-state index < -0.39 is 0 Å². The van der Waals surface area contributed by atoms with E-state index in [1.807, 2.05) is 43.3 Å². The average molecular weight is 371 g/mol. The van der Waals surface area contributed by atoms with Crippen molar-refractivity contribution in [3.05, 3.63) is 42.6 Å². The highest BCUT2D eigenvalue weighted by atomic mass is 16.5. The molecule has 2 aromatic rings. The highest BCUT2D eigenvalue weighted by molar-refractivity contribution is 5.90. The van der Waals surface area contributed by atoms with E-state index in [0.717, 1.165) is 24.7 Å². The number of hydrogen-bond donors (Lipinski definition) is 1. The van der Waals surface area contributed by atoms with Crippen LogP contribution in [0.5, 0.6) is 11.5 Å². The zero-order valence-corrected chi connectivity index (χ0v) is 15.5. The van der Waals surface area contributed by atoms with Gasteiger partial charge >= 0.3 is 0 Å². The Morgan fingerprint density at radius 1 is 1.11 bits per heavy atom. The van der Waals surface area contributed by atoms with Crippen LogP contribution >= 0.6 is 0 Å². The molecule has 0 atom stereocenters. The molecule has 0 aliphatic carbocycles. The number of rotatable bonds is 8. The number of aromatic nitrogens is 1. The maximum Gasteiger partial charge on any atom is 0.227 e. The van der Waals surface area contributed by atoms with Gasteiger partial charge in [0.05, 0.1) is 44.7 Å². The Morgan fingerprint density at radius 3 is 2.44 bits per heavy atom. The van der Waals surface area contributed by atoms with Crippen LogP contribution in [-0.4, -0.2) is 50.4 Å². The van der Waals surface area contributed by atoms with Crippen molar-refractivity contribution in [3.63, 3.8) is 0 Å². The number of amides is 1. The monoisotopic (exact) mass is 371 g/mol. The molecule has 1 aromatic heterocycles. The van der Waals surface area contributed by atoms with Crippen molar-refractivity contribution < 1.29 is 19.0 Å². The van der Waals surface area contributed by atoms with Crippen LogP contribution in [0, 0.1) is 0 Å². The topological polar surface area (TPSA) is 72.9 Å². The molecule has 1 N–H and O–H groups in total. The van der Waals surface area contributed by atoms with Crippen molar-refractivity contribution >= 4 is 17.4 Å². The predicted octanol–water partition coefficient (Wildman–Crippen LogP) is 2.72. The lowest BCUT2D eigenvalue weighted by atomic mass is 10.3. The summed E-state index contributed by atoms with van der Waals surface area (Å²) in [6.45, 7) is 5.97. The lowest BCUT2D eigenvalue weighted by molar-refractivity contribution is -0.116. The number of hydrogen-bond acceptors (Lipinski definition) is 6. The highest BCUT2D eigenvalue weighted by Gasteiger charge is 2.12. The van der Waals surface area contributed by atoms with Crippen molar-refractivity contribution in [1.82, 2.24) is 4.98 Å². The number of anilines is 2. The maximum atomic E-state index is 12.1. The number of pyridine rings is 1. The van der Waals surface area contributed by atoms with E-state index in [-0.39, 0.29) is 12.3 Å². The zero-order valence-electron chi connectivity index (χ0n) is 15.5. The van der Waals surface area contributed by atoms with E-state index in [9.17, 15) is 4.79 Å². The first-order valence-electron chi connectivity index (χ1n) is 9.19. The van der Waals surface area contributed by atoms with Crippen LogP contribution in [0.1, 0.15) is 13.3 Å². The van der Waals surface area contributed by atoms with Gasteiger partial charge in [0.15, 0.2) is 0 Å². The second-order valence-electron chi connectivity index (χ2n) is 6.06. The summed E-state index contributed by atoms with van der Waals surface area (Å²) < 4.78 is 16.3. The number of nitrogens with one attached hydrogen (secondary N) is 1. The second kappa shape index (κ2) is 9.78. The summed E-state index contributed by atoms with van der Waals surface area (Å²) in [7, 11) is 0. The minimum atomic E-state index is -0.109. The van der Waals surface area contributed by atoms with Crippen LogP contribution < -0.4 is 19.7 Å². The van der Waals surface area contributed by atoms with Crippen molar-refractivity contribution in [1.29, 1.82) is 0 Å². The summed E-state index contributed by atoms with van der Waals surface area (Å²) >= 11 is 0. The Hall–Kier alpha value is -2.80. The van der Waals surface area contributed by atoms with Gasteiger partial charge in [-0.3, -0.25) is 4.79 Å². The van der Waals surface area contributed by atoms with Gasteiger partial charge < -0.3 is 24.4 Å². The fourth-order valence-corrected chi connectivity index (χ4v) is 2.72. The van der Waals surface area contributed by atoms with Crippen LogP contribution in [0.2, 0.25) is 0 Å². The van der Waals surface area contributed by atoms with E-state index in [1.54, 1.807) is 6.20 Å². The molecular weight excluding hydrogens is 346 g/mol. The second-order valence-corrected chi connectivity index (χ2v) is 6.06. The van der Waals surface area contributed by atoms with Gasteiger partial charge in [-0.1, -0.05) is 0 Å². The molecule has 1 aliphatic heterocycles. The fourth-order valence-electron chi connectivity index (χ4n) is 2.72. The van der Waals surface area contributed by atoms with Crippen LogP contribution in [0.4, 0.5) is 11.5 Å². The molecule has 1 aliphatic rings. The molecule has 7 heteroatoms. The minimum absolute atomic E-state index is 0.109. The molecule has 144 valence electrons. The summed E-state index contributed by atoms with van der Waals surface area (Å²) in [6.07, 6.45) is 1.94. The van der Waals surface area contributed by atoms with Crippen LogP contribution in [0.25, 0.3) is 0 Å². The normalized spacial score (nSPS) is 13.9. The fraction of sp³-hybridized carbons (Fsp3) is 0.400. The van der Waals surface area contributed by atoms with E-state index in [0.29, 0.717) is 37.9 Å². The van der Waals surface area contributed by atoms with E-state index >= 15 is 0 Å². The molecule has 1 amide bonds. The summed E-state index contributed by atoms with van der Waals surface area (Å²) in [5.74, 6) is 2.30. The van der Waals surface area contributed by atoms with Crippen LogP contribution in [-0.2, 0) is 9.53 Å². The first kappa shape index (κ1) is 19.0. The quantitative estimate of drug-likeness (QED) is 0.769. The third-order valence-corrected chi connectivity index (χ3v) is 4.10. The molecule has 0 spiro atoms.